The molecule has 2 aliphatic rings. The number of alkyl halides is 2. The van der Waals surface area contributed by atoms with Crippen molar-refractivity contribution in [1.82, 2.24) is 10.2 Å². The molecule has 11 heteroatoms. The van der Waals surface area contributed by atoms with Gasteiger partial charge in [0.2, 0.25) is 0 Å². The normalized spacial score (nSPS) is 17.9. The minimum atomic E-state index is -3.11. The molecule has 0 aromatic heterocycles. The fourth-order valence-corrected chi connectivity index (χ4v) is 5.55. The summed E-state index contributed by atoms with van der Waals surface area (Å²) in [6.07, 6.45) is 0.737. The molecule has 0 bridgehead atoms. The third-order valence-electron chi connectivity index (χ3n) is 8.28. The van der Waals surface area contributed by atoms with Crippen molar-refractivity contribution in [3.63, 3.8) is 0 Å². The van der Waals surface area contributed by atoms with Crippen molar-refractivity contribution in [3.05, 3.63) is 59.2 Å². The van der Waals surface area contributed by atoms with Gasteiger partial charge in [-0.15, -0.1) is 0 Å². The molecule has 1 heterocycles. The van der Waals surface area contributed by atoms with Crippen LogP contribution in [0, 0.1) is 0 Å². The summed E-state index contributed by atoms with van der Waals surface area (Å²) in [7, 11) is 0. The Balaban J connectivity index is 1.66. The quantitative estimate of drug-likeness (QED) is 0.252. The second-order valence-electron chi connectivity index (χ2n) is 11.3. The second kappa shape index (κ2) is 13.5. The Kier molecular flexibility index (Phi) is 10.2. The van der Waals surface area contributed by atoms with Crippen LogP contribution in [0.4, 0.5) is 13.6 Å². The number of carboxylic acids is 1. The summed E-state index contributed by atoms with van der Waals surface area (Å²) < 4.78 is 47.2. The van der Waals surface area contributed by atoms with E-state index in [1.54, 1.807) is 37.3 Å². The van der Waals surface area contributed by atoms with Crippen molar-refractivity contribution < 1.29 is 42.8 Å². The van der Waals surface area contributed by atoms with Crippen molar-refractivity contribution in [2.24, 2.45) is 0 Å². The molecule has 43 heavy (non-hydrogen) atoms. The number of urea groups is 1. The van der Waals surface area contributed by atoms with Crippen LogP contribution in [0.5, 0.6) is 11.5 Å². The Morgan fingerprint density at radius 2 is 1.63 bits per heavy atom. The third-order valence-corrected chi connectivity index (χ3v) is 8.28. The highest BCUT2D eigenvalue weighted by molar-refractivity contribution is 5.86. The number of amides is 2. The average Bonchev–Trinajstić information content (AvgIpc) is 3.73. The first-order valence-corrected chi connectivity index (χ1v) is 15.0. The Hall–Kier alpha value is -3.44. The molecule has 1 aliphatic carbocycles. The Morgan fingerprint density at radius 1 is 1.05 bits per heavy atom. The molecule has 0 spiro atoms. The summed E-state index contributed by atoms with van der Waals surface area (Å²) >= 11 is 0. The van der Waals surface area contributed by atoms with Crippen molar-refractivity contribution in [1.29, 1.82) is 0 Å². The molecule has 2 aromatic rings. The molecular weight excluding hydrogens is 562 g/mol. The molecule has 2 amide bonds. The molecule has 3 N–H and O–H groups in total. The number of carbonyl (C=O) groups excluding carboxylic acids is 1. The minimum Gasteiger partial charge on any atom is -0.493 e. The van der Waals surface area contributed by atoms with Crippen LogP contribution >= 0.6 is 0 Å². The lowest BCUT2D eigenvalue weighted by Crippen LogP contribution is -2.60. The van der Waals surface area contributed by atoms with Gasteiger partial charge in [0.15, 0.2) is 0 Å². The SMILES string of the molecule is CCOc1cc([C@@H](C)N(CCCC(F)(F)c2ccccc2)C(=O)NC2(C(=O)O)CCOCC2)cc(OCC)c1C1(O)CC1. The van der Waals surface area contributed by atoms with E-state index >= 15 is 8.78 Å². The molecule has 1 atom stereocenters. The zero-order chi connectivity index (χ0) is 31.3. The van der Waals surface area contributed by atoms with Gasteiger partial charge in [-0.1, -0.05) is 30.3 Å². The highest BCUT2D eigenvalue weighted by Crippen LogP contribution is 2.53. The number of halogens is 2. The van der Waals surface area contributed by atoms with E-state index in [1.165, 1.54) is 17.0 Å². The summed E-state index contributed by atoms with van der Waals surface area (Å²) in [5, 5.41) is 23.8. The molecule has 1 saturated carbocycles. The van der Waals surface area contributed by atoms with Crippen molar-refractivity contribution in [2.75, 3.05) is 33.0 Å². The zero-order valence-electron chi connectivity index (χ0n) is 25.0. The lowest BCUT2D eigenvalue weighted by Gasteiger charge is -2.38. The average molecular weight is 605 g/mol. The molecule has 0 unspecified atom stereocenters. The highest BCUT2D eigenvalue weighted by atomic mass is 19.3. The fraction of sp³-hybridized carbons (Fsp3) is 0.562. The molecule has 1 aliphatic heterocycles. The maximum absolute atomic E-state index is 15.0. The summed E-state index contributed by atoms with van der Waals surface area (Å²) in [5.41, 5.74) is -1.55. The number of nitrogens with one attached hydrogen (secondary N) is 1. The van der Waals surface area contributed by atoms with Gasteiger partial charge in [0, 0.05) is 44.6 Å². The number of carbonyl (C=O) groups is 2. The van der Waals surface area contributed by atoms with E-state index in [0.717, 1.165) is 0 Å². The number of rotatable bonds is 14. The van der Waals surface area contributed by atoms with E-state index in [4.69, 9.17) is 14.2 Å². The van der Waals surface area contributed by atoms with Gasteiger partial charge in [0.1, 0.15) is 17.0 Å². The molecule has 4 rings (SSSR count). The largest absolute Gasteiger partial charge is 0.493 e. The first kappa shape index (κ1) is 32.5. The van der Waals surface area contributed by atoms with Crippen molar-refractivity contribution in [3.8, 4) is 11.5 Å². The van der Waals surface area contributed by atoms with Gasteiger partial charge in [-0.05, 0) is 57.7 Å². The first-order valence-electron chi connectivity index (χ1n) is 15.0. The van der Waals surface area contributed by atoms with Crippen LogP contribution in [0.1, 0.15) is 82.0 Å². The van der Waals surface area contributed by atoms with Crippen molar-refractivity contribution >= 4 is 12.0 Å². The number of carboxylic acid groups (broad SMARTS) is 1. The minimum absolute atomic E-state index is 0.0443. The maximum Gasteiger partial charge on any atom is 0.329 e. The van der Waals surface area contributed by atoms with Gasteiger partial charge >= 0.3 is 12.0 Å². The number of ether oxygens (including phenoxy) is 3. The number of aliphatic hydroxyl groups is 1. The van der Waals surface area contributed by atoms with Gasteiger partial charge < -0.3 is 34.6 Å². The van der Waals surface area contributed by atoms with Gasteiger partial charge in [-0.2, -0.15) is 0 Å². The number of benzene rings is 2. The van der Waals surface area contributed by atoms with Crippen molar-refractivity contribution in [2.45, 2.75) is 82.4 Å². The van der Waals surface area contributed by atoms with E-state index in [1.807, 2.05) is 13.8 Å². The van der Waals surface area contributed by atoms with Crippen LogP contribution in [0.25, 0.3) is 0 Å². The summed E-state index contributed by atoms with van der Waals surface area (Å²) in [6, 6.07) is 9.63. The monoisotopic (exact) mass is 604 g/mol. The summed E-state index contributed by atoms with van der Waals surface area (Å²) in [4.78, 5) is 27.5. The van der Waals surface area contributed by atoms with Crippen LogP contribution in [-0.4, -0.2) is 65.6 Å². The number of aliphatic carboxylic acids is 1. The Bertz CT molecular complexity index is 1240. The Labute approximate surface area is 251 Å². The lowest BCUT2D eigenvalue weighted by molar-refractivity contribution is -0.148. The van der Waals surface area contributed by atoms with Gasteiger partial charge in [-0.25, -0.2) is 18.4 Å². The molecule has 0 radical (unpaired) electrons. The van der Waals surface area contributed by atoms with E-state index in [0.29, 0.717) is 48.7 Å². The third kappa shape index (κ3) is 7.38. The number of hydrogen-bond acceptors (Lipinski definition) is 6. The van der Waals surface area contributed by atoms with E-state index < -0.39 is 41.5 Å². The molecule has 2 aromatic carbocycles. The summed E-state index contributed by atoms with van der Waals surface area (Å²) in [5.74, 6) is -3.43. The zero-order valence-corrected chi connectivity index (χ0v) is 25.0. The predicted molar refractivity (Wildman–Crippen MR) is 156 cm³/mol. The Morgan fingerprint density at radius 3 is 2.14 bits per heavy atom. The van der Waals surface area contributed by atoms with Gasteiger partial charge in [0.05, 0.1) is 30.4 Å². The molecule has 1 saturated heterocycles. The lowest BCUT2D eigenvalue weighted by atomic mass is 9.90. The standard InChI is InChI=1S/C32H42F2N2O7/c1-4-42-25-20-23(21-26(43-5-2)27(25)31(40)13-14-31)22(3)36(17-9-12-32(33,34)24-10-7-6-8-11-24)29(39)35-30(28(37)38)15-18-41-19-16-30/h6-8,10-11,20-22,40H,4-5,9,12-19H2,1-3H3,(H,35,39)(H,37,38)/t22-/m1/s1. The predicted octanol–water partition coefficient (Wildman–Crippen LogP) is 5.74. The molecule has 2 fully saturated rings. The van der Waals surface area contributed by atoms with Crippen LogP contribution in [0.3, 0.4) is 0 Å². The fourth-order valence-electron chi connectivity index (χ4n) is 5.55. The van der Waals surface area contributed by atoms with E-state index in [9.17, 15) is 19.8 Å². The summed E-state index contributed by atoms with van der Waals surface area (Å²) in [6.45, 7) is 6.32. The molecule has 9 nitrogen and oxygen atoms in total. The molecule has 236 valence electrons. The highest BCUT2D eigenvalue weighted by Gasteiger charge is 2.47. The maximum atomic E-state index is 15.0. The van der Waals surface area contributed by atoms with E-state index in [-0.39, 0.29) is 44.6 Å². The first-order chi connectivity index (χ1) is 20.5. The van der Waals surface area contributed by atoms with Gasteiger partial charge in [0.25, 0.3) is 5.92 Å². The van der Waals surface area contributed by atoms with Crippen LogP contribution in [0.2, 0.25) is 0 Å². The van der Waals surface area contributed by atoms with E-state index in [2.05, 4.69) is 5.32 Å². The van der Waals surface area contributed by atoms with Crippen LogP contribution in [-0.2, 0) is 21.1 Å². The van der Waals surface area contributed by atoms with Gasteiger partial charge in [-0.3, -0.25) is 0 Å². The number of nitrogens with zero attached hydrogens (tertiary/aromatic N) is 1. The second-order valence-corrected chi connectivity index (χ2v) is 11.3. The smallest absolute Gasteiger partial charge is 0.329 e. The van der Waals surface area contributed by atoms with Crippen LogP contribution < -0.4 is 14.8 Å². The molecular formula is C32H42F2N2O7. The van der Waals surface area contributed by atoms with Crippen LogP contribution in [0.15, 0.2) is 42.5 Å². The topological polar surface area (TPSA) is 118 Å². The number of hydrogen-bond donors (Lipinski definition) is 3.